The minimum Gasteiger partial charge on any atom is -0.492 e. The molecule has 0 fully saturated rings. The third kappa shape index (κ3) is 2.40. The summed E-state index contributed by atoms with van der Waals surface area (Å²) in [6.07, 6.45) is 0. The highest BCUT2D eigenvalue weighted by Crippen LogP contribution is 2.21. The highest BCUT2D eigenvalue weighted by molar-refractivity contribution is 6.30. The quantitative estimate of drug-likeness (QED) is 0.782. The second-order valence-corrected chi connectivity index (χ2v) is 2.98. The Morgan fingerprint density at radius 1 is 1.50 bits per heavy atom. The maximum Gasteiger partial charge on any atom is 0.122 e. The molecule has 66 valence electrons. The van der Waals surface area contributed by atoms with Crippen LogP contribution in [0.3, 0.4) is 0 Å². The summed E-state index contributed by atoms with van der Waals surface area (Å²) < 4.78 is 5.36. The summed E-state index contributed by atoms with van der Waals surface area (Å²) in [4.78, 5) is 0. The lowest BCUT2D eigenvalue weighted by atomic mass is 10.2. The predicted molar refractivity (Wildman–Crippen MR) is 50.7 cm³/mol. The van der Waals surface area contributed by atoms with E-state index in [2.05, 4.69) is 0 Å². The van der Waals surface area contributed by atoms with E-state index in [4.69, 9.17) is 22.1 Å². The molecule has 1 aromatic carbocycles. The largest absolute Gasteiger partial charge is 0.492 e. The summed E-state index contributed by atoms with van der Waals surface area (Å²) in [5.41, 5.74) is 6.34. The number of benzene rings is 1. The molecular weight excluding hydrogens is 174 g/mol. The standard InChI is InChI=1S/C9H12ClNO/c1-7-6-8(10)2-3-9(7)12-5-4-11/h2-3,6H,4-5,11H2,1H3. The van der Waals surface area contributed by atoms with Gasteiger partial charge in [0.2, 0.25) is 0 Å². The first kappa shape index (κ1) is 9.36. The molecule has 1 aromatic rings. The van der Waals surface area contributed by atoms with Crippen LogP contribution in [0.25, 0.3) is 0 Å². The number of nitrogens with two attached hydrogens (primary N) is 1. The van der Waals surface area contributed by atoms with E-state index in [1.165, 1.54) is 0 Å². The fourth-order valence-electron chi connectivity index (χ4n) is 0.944. The molecule has 2 nitrogen and oxygen atoms in total. The Morgan fingerprint density at radius 3 is 2.83 bits per heavy atom. The monoisotopic (exact) mass is 185 g/mol. The lowest BCUT2D eigenvalue weighted by Crippen LogP contribution is -2.10. The number of hydrogen-bond acceptors (Lipinski definition) is 2. The van der Waals surface area contributed by atoms with Crippen LogP contribution >= 0.6 is 11.6 Å². The van der Waals surface area contributed by atoms with Crippen molar-refractivity contribution in [3.8, 4) is 5.75 Å². The Bertz CT molecular complexity index is 263. The second kappa shape index (κ2) is 4.33. The molecule has 0 amide bonds. The average Bonchev–Trinajstić information content (AvgIpc) is 2.03. The molecule has 3 heteroatoms. The lowest BCUT2D eigenvalue weighted by molar-refractivity contribution is 0.326. The molecule has 0 bridgehead atoms. The molecule has 0 atom stereocenters. The van der Waals surface area contributed by atoms with Crippen LogP contribution in [0.4, 0.5) is 0 Å². The van der Waals surface area contributed by atoms with Crippen LogP contribution in [0.1, 0.15) is 5.56 Å². The maximum atomic E-state index is 5.77. The molecule has 0 radical (unpaired) electrons. The van der Waals surface area contributed by atoms with Crippen LogP contribution in [-0.2, 0) is 0 Å². The molecule has 0 saturated carbocycles. The van der Waals surface area contributed by atoms with E-state index >= 15 is 0 Å². The fourth-order valence-corrected chi connectivity index (χ4v) is 1.17. The van der Waals surface area contributed by atoms with Crippen molar-refractivity contribution in [3.63, 3.8) is 0 Å². The van der Waals surface area contributed by atoms with E-state index in [0.717, 1.165) is 16.3 Å². The van der Waals surface area contributed by atoms with E-state index < -0.39 is 0 Å². The van der Waals surface area contributed by atoms with Gasteiger partial charge in [0.25, 0.3) is 0 Å². The van der Waals surface area contributed by atoms with Crippen molar-refractivity contribution in [2.24, 2.45) is 5.73 Å². The van der Waals surface area contributed by atoms with Crippen LogP contribution in [0.15, 0.2) is 18.2 Å². The van der Waals surface area contributed by atoms with Gasteiger partial charge in [0.1, 0.15) is 12.4 Å². The first-order chi connectivity index (χ1) is 5.74. The van der Waals surface area contributed by atoms with Crippen molar-refractivity contribution in [3.05, 3.63) is 28.8 Å². The third-order valence-corrected chi connectivity index (χ3v) is 1.75. The maximum absolute atomic E-state index is 5.77. The Labute approximate surface area is 77.3 Å². The first-order valence-corrected chi connectivity index (χ1v) is 4.21. The van der Waals surface area contributed by atoms with Crippen LogP contribution < -0.4 is 10.5 Å². The smallest absolute Gasteiger partial charge is 0.122 e. The second-order valence-electron chi connectivity index (χ2n) is 2.55. The first-order valence-electron chi connectivity index (χ1n) is 3.83. The van der Waals surface area contributed by atoms with Gasteiger partial charge in [-0.1, -0.05) is 11.6 Å². The molecule has 2 N–H and O–H groups in total. The lowest BCUT2D eigenvalue weighted by Gasteiger charge is -2.07. The molecule has 0 saturated heterocycles. The van der Waals surface area contributed by atoms with Gasteiger partial charge >= 0.3 is 0 Å². The number of halogens is 1. The van der Waals surface area contributed by atoms with Crippen molar-refractivity contribution in [1.82, 2.24) is 0 Å². The van der Waals surface area contributed by atoms with Crippen LogP contribution in [0, 0.1) is 6.92 Å². The molecule has 0 aliphatic heterocycles. The summed E-state index contributed by atoms with van der Waals surface area (Å²) in [5.74, 6) is 0.852. The fraction of sp³-hybridized carbons (Fsp3) is 0.333. The molecule has 0 unspecified atom stereocenters. The van der Waals surface area contributed by atoms with Crippen molar-refractivity contribution >= 4 is 11.6 Å². The molecule has 12 heavy (non-hydrogen) atoms. The Balaban J connectivity index is 2.72. The molecule has 0 spiro atoms. The Hall–Kier alpha value is -0.730. The SMILES string of the molecule is Cc1cc(Cl)ccc1OCCN. The predicted octanol–water partition coefficient (Wildman–Crippen LogP) is 1.99. The summed E-state index contributed by atoms with van der Waals surface area (Å²) in [6, 6.07) is 5.53. The van der Waals surface area contributed by atoms with Gasteiger partial charge < -0.3 is 10.5 Å². The summed E-state index contributed by atoms with van der Waals surface area (Å²) in [6.45, 7) is 3.03. The number of ether oxygens (including phenoxy) is 1. The van der Waals surface area contributed by atoms with Gasteiger partial charge in [-0.25, -0.2) is 0 Å². The number of aryl methyl sites for hydroxylation is 1. The van der Waals surface area contributed by atoms with Gasteiger partial charge in [-0.05, 0) is 30.7 Å². The molecule has 0 heterocycles. The van der Waals surface area contributed by atoms with Gasteiger partial charge in [0.15, 0.2) is 0 Å². The van der Waals surface area contributed by atoms with Crippen molar-refractivity contribution in [1.29, 1.82) is 0 Å². The third-order valence-electron chi connectivity index (χ3n) is 1.51. The van der Waals surface area contributed by atoms with E-state index in [1.54, 1.807) is 6.07 Å². The van der Waals surface area contributed by atoms with Gasteiger partial charge in [-0.2, -0.15) is 0 Å². The van der Waals surface area contributed by atoms with Crippen LogP contribution in [0.2, 0.25) is 5.02 Å². The van der Waals surface area contributed by atoms with Gasteiger partial charge in [-0.3, -0.25) is 0 Å². The number of hydrogen-bond donors (Lipinski definition) is 1. The van der Waals surface area contributed by atoms with Crippen molar-refractivity contribution < 1.29 is 4.74 Å². The highest BCUT2D eigenvalue weighted by atomic mass is 35.5. The van der Waals surface area contributed by atoms with Crippen LogP contribution in [-0.4, -0.2) is 13.2 Å². The Kier molecular flexibility index (Phi) is 3.38. The summed E-state index contributed by atoms with van der Waals surface area (Å²) in [5, 5.41) is 0.729. The molecule has 0 aliphatic rings. The van der Waals surface area contributed by atoms with Crippen molar-refractivity contribution in [2.75, 3.05) is 13.2 Å². The van der Waals surface area contributed by atoms with Gasteiger partial charge in [0, 0.05) is 11.6 Å². The van der Waals surface area contributed by atoms with E-state index in [0.29, 0.717) is 13.2 Å². The topological polar surface area (TPSA) is 35.2 Å². The normalized spacial score (nSPS) is 9.92. The van der Waals surface area contributed by atoms with E-state index in [9.17, 15) is 0 Å². The Morgan fingerprint density at radius 2 is 2.25 bits per heavy atom. The van der Waals surface area contributed by atoms with Crippen LogP contribution in [0.5, 0.6) is 5.75 Å². The minimum absolute atomic E-state index is 0.530. The summed E-state index contributed by atoms with van der Waals surface area (Å²) in [7, 11) is 0. The van der Waals surface area contributed by atoms with E-state index in [1.807, 2.05) is 19.1 Å². The minimum atomic E-state index is 0.530. The van der Waals surface area contributed by atoms with Gasteiger partial charge in [0.05, 0.1) is 0 Å². The zero-order valence-electron chi connectivity index (χ0n) is 7.01. The summed E-state index contributed by atoms with van der Waals surface area (Å²) >= 11 is 5.77. The molecule has 0 aromatic heterocycles. The average molecular weight is 186 g/mol. The van der Waals surface area contributed by atoms with Gasteiger partial charge in [-0.15, -0.1) is 0 Å². The zero-order chi connectivity index (χ0) is 8.97. The zero-order valence-corrected chi connectivity index (χ0v) is 7.77. The highest BCUT2D eigenvalue weighted by Gasteiger charge is 1.98. The van der Waals surface area contributed by atoms with Crippen molar-refractivity contribution in [2.45, 2.75) is 6.92 Å². The number of rotatable bonds is 3. The molecule has 1 rings (SSSR count). The molecular formula is C9H12ClNO. The molecule has 0 aliphatic carbocycles. The van der Waals surface area contributed by atoms with E-state index in [-0.39, 0.29) is 0 Å².